The number of unbranched alkanes of at least 4 members (excludes halogenated alkanes) is 1. The molecule has 0 aromatic heterocycles. The van der Waals surface area contributed by atoms with Crippen molar-refractivity contribution in [3.05, 3.63) is 85.5 Å². The average molecular weight is 396 g/mol. The summed E-state index contributed by atoms with van der Waals surface area (Å²) in [5.41, 5.74) is 1.70. The molecule has 0 spiro atoms. The molecule has 1 unspecified atom stereocenters. The summed E-state index contributed by atoms with van der Waals surface area (Å²) in [5, 5.41) is 22.0. The molecule has 0 bridgehead atoms. The number of rotatable bonds is 8. The number of nitro groups is 2. The van der Waals surface area contributed by atoms with E-state index < -0.39 is 21.2 Å². The number of nitro benzene ring substituents is 2. The molecule has 3 rings (SSSR count). The third-order valence-corrected chi connectivity index (χ3v) is 5.22. The first kappa shape index (κ1) is 20.2. The van der Waals surface area contributed by atoms with Crippen LogP contribution in [-0.4, -0.2) is 22.9 Å². The van der Waals surface area contributed by atoms with Crippen LogP contribution < -0.4 is 0 Å². The number of non-ortho nitro benzene ring substituents is 2. The van der Waals surface area contributed by atoms with Crippen molar-refractivity contribution < 1.29 is 19.4 Å². The molecule has 0 saturated heterocycles. The molecule has 0 N–H and O–H groups in total. The highest BCUT2D eigenvalue weighted by Crippen LogP contribution is 2.62. The molecule has 2 aromatic rings. The molecule has 29 heavy (non-hydrogen) atoms. The average Bonchev–Trinajstić information content (AvgIpc) is 3.41. The van der Waals surface area contributed by atoms with Gasteiger partial charge in [-0.3, -0.25) is 25.0 Å². The van der Waals surface area contributed by atoms with Crippen LogP contribution in [0.4, 0.5) is 11.4 Å². The van der Waals surface area contributed by atoms with Gasteiger partial charge in [-0.05, 0) is 47.2 Å². The van der Waals surface area contributed by atoms with Crippen molar-refractivity contribution in [1.29, 1.82) is 0 Å². The van der Waals surface area contributed by atoms with E-state index in [-0.39, 0.29) is 11.4 Å². The molecule has 0 aliphatic heterocycles. The quantitative estimate of drug-likeness (QED) is 0.367. The summed E-state index contributed by atoms with van der Waals surface area (Å²) in [7, 11) is 1.30. The molecule has 0 heterocycles. The third kappa shape index (κ3) is 3.37. The van der Waals surface area contributed by atoms with E-state index in [1.54, 1.807) is 24.3 Å². The highest BCUT2D eigenvalue weighted by Gasteiger charge is 2.61. The van der Waals surface area contributed by atoms with Crippen LogP contribution in [0.3, 0.4) is 0 Å². The van der Waals surface area contributed by atoms with Gasteiger partial charge in [0.2, 0.25) is 0 Å². The van der Waals surface area contributed by atoms with Crippen molar-refractivity contribution in [2.24, 2.45) is 0 Å². The van der Waals surface area contributed by atoms with Gasteiger partial charge >= 0.3 is 5.97 Å². The molecule has 1 aliphatic carbocycles. The number of esters is 1. The minimum atomic E-state index is -1.12. The van der Waals surface area contributed by atoms with Crippen LogP contribution in [0.5, 0.6) is 0 Å². The van der Waals surface area contributed by atoms with E-state index in [9.17, 15) is 25.0 Å². The van der Waals surface area contributed by atoms with Crippen molar-refractivity contribution >= 4 is 22.9 Å². The van der Waals surface area contributed by atoms with Gasteiger partial charge in [0.1, 0.15) is 5.41 Å². The number of hydrogen-bond donors (Lipinski definition) is 0. The van der Waals surface area contributed by atoms with E-state index in [2.05, 4.69) is 0 Å². The second kappa shape index (κ2) is 7.83. The van der Waals surface area contributed by atoms with Crippen molar-refractivity contribution in [2.75, 3.05) is 7.11 Å². The maximum absolute atomic E-state index is 12.9. The van der Waals surface area contributed by atoms with E-state index in [1.165, 1.54) is 31.4 Å². The van der Waals surface area contributed by atoms with E-state index in [1.807, 2.05) is 6.92 Å². The predicted octanol–water partition coefficient (Wildman–Crippen LogP) is 4.57. The lowest BCUT2D eigenvalue weighted by Crippen LogP contribution is -2.27. The highest BCUT2D eigenvalue weighted by molar-refractivity contribution is 6.15. The molecule has 1 atom stereocenters. The summed E-state index contributed by atoms with van der Waals surface area (Å²) in [5.74, 6) is -0.467. The molecule has 8 nitrogen and oxygen atoms in total. The molecule has 150 valence electrons. The van der Waals surface area contributed by atoms with E-state index in [4.69, 9.17) is 4.74 Å². The zero-order valence-corrected chi connectivity index (χ0v) is 16.1. The van der Waals surface area contributed by atoms with Gasteiger partial charge in [-0.25, -0.2) is 0 Å². The van der Waals surface area contributed by atoms with Crippen LogP contribution in [0, 0.1) is 20.2 Å². The van der Waals surface area contributed by atoms with Gasteiger partial charge in [-0.1, -0.05) is 25.5 Å². The Morgan fingerprint density at radius 3 is 1.93 bits per heavy atom. The lowest BCUT2D eigenvalue weighted by atomic mass is 9.85. The maximum Gasteiger partial charge on any atom is 0.325 e. The molecule has 0 amide bonds. The first-order chi connectivity index (χ1) is 13.9. The Hall–Kier alpha value is -3.55. The van der Waals surface area contributed by atoms with Crippen molar-refractivity contribution in [3.63, 3.8) is 0 Å². The molecule has 0 fully saturated rings. The largest absolute Gasteiger partial charge is 0.468 e. The van der Waals surface area contributed by atoms with Crippen molar-refractivity contribution in [1.82, 2.24) is 0 Å². The molecule has 8 heteroatoms. The fraction of sp³-hybridized carbons (Fsp3) is 0.286. The number of carbonyl (C=O) groups excluding carboxylic acids is 1. The lowest BCUT2D eigenvalue weighted by molar-refractivity contribution is -0.385. The SMILES string of the molecule is CCCCC1=C(c2ccc([N+](=O)[O-])cc2)C1(C(=O)OC)c1ccc([N+](=O)[O-])cc1. The van der Waals surface area contributed by atoms with Crippen LogP contribution in [0.2, 0.25) is 0 Å². The topological polar surface area (TPSA) is 113 Å². The van der Waals surface area contributed by atoms with Gasteiger partial charge in [-0.15, -0.1) is 0 Å². The Balaban J connectivity index is 2.10. The first-order valence-corrected chi connectivity index (χ1v) is 9.20. The van der Waals surface area contributed by atoms with Crippen LogP contribution >= 0.6 is 0 Å². The summed E-state index contributed by atoms with van der Waals surface area (Å²) in [4.78, 5) is 33.9. The molecular weight excluding hydrogens is 376 g/mol. The second-order valence-electron chi connectivity index (χ2n) is 6.81. The summed E-state index contributed by atoms with van der Waals surface area (Å²) in [6.07, 6.45) is 2.45. The number of benzene rings is 2. The van der Waals surface area contributed by atoms with Gasteiger partial charge in [-0.2, -0.15) is 0 Å². The zero-order chi connectivity index (χ0) is 21.2. The van der Waals surface area contributed by atoms with Crippen molar-refractivity contribution in [3.8, 4) is 0 Å². The van der Waals surface area contributed by atoms with Crippen LogP contribution in [0.15, 0.2) is 54.1 Å². The fourth-order valence-electron chi connectivity index (χ4n) is 3.79. The number of methoxy groups -OCH3 is 1. The van der Waals surface area contributed by atoms with Gasteiger partial charge in [0.25, 0.3) is 11.4 Å². The Morgan fingerprint density at radius 2 is 1.48 bits per heavy atom. The molecular formula is C21H20N2O6. The second-order valence-corrected chi connectivity index (χ2v) is 6.81. The molecule has 2 aromatic carbocycles. The molecule has 1 aliphatic rings. The fourth-order valence-corrected chi connectivity index (χ4v) is 3.79. The molecule has 0 radical (unpaired) electrons. The summed E-state index contributed by atoms with van der Waals surface area (Å²) in [6, 6.07) is 11.9. The van der Waals surface area contributed by atoms with Crippen molar-refractivity contribution in [2.45, 2.75) is 31.6 Å². The maximum atomic E-state index is 12.9. The number of carbonyl (C=O) groups is 1. The predicted molar refractivity (Wildman–Crippen MR) is 106 cm³/mol. The Bertz CT molecular complexity index is 995. The van der Waals surface area contributed by atoms with Crippen LogP contribution in [0.1, 0.15) is 37.3 Å². The van der Waals surface area contributed by atoms with Gasteiger partial charge in [0.15, 0.2) is 0 Å². The van der Waals surface area contributed by atoms with Gasteiger partial charge in [0, 0.05) is 24.3 Å². The Morgan fingerprint density at radius 1 is 0.966 bits per heavy atom. The third-order valence-electron chi connectivity index (χ3n) is 5.22. The Labute approximate surface area is 167 Å². The summed E-state index contributed by atoms with van der Waals surface area (Å²) >= 11 is 0. The lowest BCUT2D eigenvalue weighted by Gasteiger charge is -2.19. The Kier molecular flexibility index (Phi) is 5.45. The van der Waals surface area contributed by atoms with E-state index in [0.29, 0.717) is 17.5 Å². The number of ether oxygens (including phenoxy) is 1. The molecule has 0 saturated carbocycles. The van der Waals surface area contributed by atoms with E-state index >= 15 is 0 Å². The first-order valence-electron chi connectivity index (χ1n) is 9.20. The van der Waals surface area contributed by atoms with E-state index in [0.717, 1.165) is 24.0 Å². The monoisotopic (exact) mass is 396 g/mol. The highest BCUT2D eigenvalue weighted by atomic mass is 16.6. The van der Waals surface area contributed by atoms with Crippen LogP contribution in [0.25, 0.3) is 5.57 Å². The normalized spacial score (nSPS) is 17.7. The van der Waals surface area contributed by atoms with Gasteiger partial charge < -0.3 is 4.74 Å². The number of nitrogens with zero attached hydrogens (tertiary/aromatic N) is 2. The minimum Gasteiger partial charge on any atom is -0.468 e. The van der Waals surface area contributed by atoms with Gasteiger partial charge in [0.05, 0.1) is 17.0 Å². The minimum absolute atomic E-state index is 0.0379. The summed E-state index contributed by atoms with van der Waals surface area (Å²) in [6.45, 7) is 2.04. The standard InChI is InChI=1S/C21H20N2O6/c1-3-4-5-18-19(14-6-10-16(11-7-14)22(25)26)21(18,20(24)29-2)15-8-12-17(13-9-15)23(27)28/h6-13H,3-5H2,1-2H3. The summed E-state index contributed by atoms with van der Waals surface area (Å²) < 4.78 is 5.11. The number of hydrogen-bond acceptors (Lipinski definition) is 6. The van der Waals surface area contributed by atoms with Crippen LogP contribution in [-0.2, 0) is 14.9 Å². The zero-order valence-electron chi connectivity index (χ0n) is 16.1. The smallest absolute Gasteiger partial charge is 0.325 e.